The number of ether oxygens (including phenoxy) is 1. The fourth-order valence-electron chi connectivity index (χ4n) is 1.82. The number of methoxy groups -OCH3 is 1. The molecule has 0 N–H and O–H groups in total. The molecule has 0 aliphatic heterocycles. The Morgan fingerprint density at radius 3 is 2.71 bits per heavy atom. The maximum absolute atomic E-state index is 12.1. The summed E-state index contributed by atoms with van der Waals surface area (Å²) in [6.07, 6.45) is 1.05. The van der Waals surface area contributed by atoms with Crippen molar-refractivity contribution in [2.24, 2.45) is 0 Å². The van der Waals surface area contributed by atoms with Crippen LogP contribution in [0.15, 0.2) is 18.2 Å². The quantitative estimate of drug-likeness (QED) is 0.710. The zero-order valence-corrected chi connectivity index (χ0v) is 11.1. The van der Waals surface area contributed by atoms with E-state index >= 15 is 0 Å². The fourth-order valence-corrected chi connectivity index (χ4v) is 1.82. The highest BCUT2D eigenvalue weighted by molar-refractivity contribution is 6.00. The zero-order chi connectivity index (χ0) is 12.8. The van der Waals surface area contributed by atoms with Gasteiger partial charge in [-0.2, -0.15) is 0 Å². The Morgan fingerprint density at radius 2 is 2.12 bits per heavy atom. The monoisotopic (exact) mass is 235 g/mol. The number of carbonyl (C=O) groups excluding carboxylic acids is 1. The van der Waals surface area contributed by atoms with E-state index in [1.807, 2.05) is 37.1 Å². The maximum atomic E-state index is 12.1. The van der Waals surface area contributed by atoms with Crippen LogP contribution in [-0.2, 0) is 0 Å². The van der Waals surface area contributed by atoms with Gasteiger partial charge >= 0.3 is 0 Å². The van der Waals surface area contributed by atoms with E-state index in [2.05, 4.69) is 6.92 Å². The van der Waals surface area contributed by atoms with Crippen molar-refractivity contribution >= 4 is 5.78 Å². The Hall–Kier alpha value is -1.35. The normalized spacial score (nSPS) is 10.6. The molecule has 0 amide bonds. The third-order valence-corrected chi connectivity index (χ3v) is 2.68. The third-order valence-electron chi connectivity index (χ3n) is 2.68. The zero-order valence-electron chi connectivity index (χ0n) is 11.1. The van der Waals surface area contributed by atoms with Crippen LogP contribution in [0.3, 0.4) is 0 Å². The molecule has 3 nitrogen and oxygen atoms in total. The molecular weight excluding hydrogens is 214 g/mol. The second-order valence-corrected chi connectivity index (χ2v) is 4.36. The maximum Gasteiger partial charge on any atom is 0.180 e. The van der Waals surface area contributed by atoms with Crippen LogP contribution in [0.2, 0.25) is 0 Å². The molecule has 0 radical (unpaired) electrons. The summed E-state index contributed by atoms with van der Waals surface area (Å²) in [5, 5.41) is 0. The molecule has 94 valence electrons. The van der Waals surface area contributed by atoms with Crippen LogP contribution >= 0.6 is 0 Å². The molecule has 0 spiro atoms. The molecule has 0 bridgehead atoms. The van der Waals surface area contributed by atoms with Crippen LogP contribution in [0, 0.1) is 6.92 Å². The van der Waals surface area contributed by atoms with E-state index in [-0.39, 0.29) is 5.78 Å². The lowest BCUT2D eigenvalue weighted by atomic mass is 10.1. The summed E-state index contributed by atoms with van der Waals surface area (Å²) < 4.78 is 5.25. The molecule has 1 rings (SSSR count). The van der Waals surface area contributed by atoms with Gasteiger partial charge in [-0.25, -0.2) is 0 Å². The highest BCUT2D eigenvalue weighted by atomic mass is 16.5. The molecule has 17 heavy (non-hydrogen) atoms. The number of likely N-dealkylation sites (N-methyl/N-ethyl adjacent to an activating group) is 1. The number of Topliss-reactive ketones (excluding diaryl/α,β-unsaturated/α-hetero) is 1. The molecular formula is C14H21NO2. The van der Waals surface area contributed by atoms with Gasteiger partial charge in [0, 0.05) is 0 Å². The average molecular weight is 235 g/mol. The number of hydrogen-bond acceptors (Lipinski definition) is 3. The molecule has 0 unspecified atom stereocenters. The van der Waals surface area contributed by atoms with Crippen LogP contribution in [-0.4, -0.2) is 37.9 Å². The smallest absolute Gasteiger partial charge is 0.180 e. The van der Waals surface area contributed by atoms with E-state index in [0.717, 1.165) is 18.5 Å². The van der Waals surface area contributed by atoms with Crippen molar-refractivity contribution < 1.29 is 9.53 Å². The lowest BCUT2D eigenvalue weighted by Gasteiger charge is -2.15. The van der Waals surface area contributed by atoms with Gasteiger partial charge in [0.05, 0.1) is 19.2 Å². The van der Waals surface area contributed by atoms with Crippen molar-refractivity contribution in [1.29, 1.82) is 0 Å². The Labute approximate surface area is 103 Å². The van der Waals surface area contributed by atoms with Gasteiger partial charge in [-0.15, -0.1) is 0 Å². The van der Waals surface area contributed by atoms with Crippen molar-refractivity contribution in [3.63, 3.8) is 0 Å². The van der Waals surface area contributed by atoms with Gasteiger partial charge in [-0.3, -0.25) is 9.69 Å². The Morgan fingerprint density at radius 1 is 1.41 bits per heavy atom. The summed E-state index contributed by atoms with van der Waals surface area (Å²) in [5.74, 6) is 0.776. The lowest BCUT2D eigenvalue weighted by molar-refractivity contribution is 0.0943. The van der Waals surface area contributed by atoms with E-state index in [9.17, 15) is 4.79 Å². The first-order valence-electron chi connectivity index (χ1n) is 5.94. The van der Waals surface area contributed by atoms with Crippen LogP contribution < -0.4 is 4.74 Å². The van der Waals surface area contributed by atoms with Gasteiger partial charge < -0.3 is 4.74 Å². The summed E-state index contributed by atoms with van der Waals surface area (Å²) in [6.45, 7) is 5.46. The minimum atomic E-state index is 0.109. The summed E-state index contributed by atoms with van der Waals surface area (Å²) in [7, 11) is 3.56. The highest BCUT2D eigenvalue weighted by Gasteiger charge is 2.13. The third kappa shape index (κ3) is 3.86. The van der Waals surface area contributed by atoms with E-state index in [0.29, 0.717) is 17.9 Å². The standard InChI is InChI=1S/C14H21NO2/c1-5-8-15(3)10-13(16)12-7-6-11(2)9-14(12)17-4/h6-7,9H,5,8,10H2,1-4H3. The van der Waals surface area contributed by atoms with Gasteiger partial charge in [0.25, 0.3) is 0 Å². The summed E-state index contributed by atoms with van der Waals surface area (Å²) in [5.41, 5.74) is 1.77. The second kappa shape index (κ2) is 6.40. The predicted octanol–water partition coefficient (Wildman–Crippen LogP) is 2.53. The molecule has 3 heteroatoms. The summed E-state index contributed by atoms with van der Waals surface area (Å²) in [4.78, 5) is 14.1. The van der Waals surface area contributed by atoms with Gasteiger partial charge in [-0.05, 0) is 44.6 Å². The number of hydrogen-bond donors (Lipinski definition) is 0. The van der Waals surface area contributed by atoms with Crippen LogP contribution in [0.25, 0.3) is 0 Å². The first-order valence-corrected chi connectivity index (χ1v) is 5.94. The van der Waals surface area contributed by atoms with Gasteiger partial charge in [-0.1, -0.05) is 13.0 Å². The Balaban J connectivity index is 2.81. The van der Waals surface area contributed by atoms with Crippen molar-refractivity contribution in [3.05, 3.63) is 29.3 Å². The van der Waals surface area contributed by atoms with Crippen LogP contribution in [0.5, 0.6) is 5.75 Å². The fraction of sp³-hybridized carbons (Fsp3) is 0.500. The first kappa shape index (κ1) is 13.7. The number of aryl methyl sites for hydroxylation is 1. The molecule has 1 aromatic carbocycles. The number of nitrogens with zero attached hydrogens (tertiary/aromatic N) is 1. The Kier molecular flexibility index (Phi) is 5.16. The highest BCUT2D eigenvalue weighted by Crippen LogP contribution is 2.20. The SMILES string of the molecule is CCCN(C)CC(=O)c1ccc(C)cc1OC. The minimum Gasteiger partial charge on any atom is -0.496 e. The van der Waals surface area contributed by atoms with Crippen molar-refractivity contribution in [2.45, 2.75) is 20.3 Å². The van der Waals surface area contributed by atoms with Gasteiger partial charge in [0.2, 0.25) is 0 Å². The van der Waals surface area contributed by atoms with E-state index in [4.69, 9.17) is 4.74 Å². The molecule has 0 saturated carbocycles. The number of carbonyl (C=O) groups is 1. The van der Waals surface area contributed by atoms with Crippen LogP contribution in [0.4, 0.5) is 0 Å². The van der Waals surface area contributed by atoms with E-state index in [1.165, 1.54) is 0 Å². The second-order valence-electron chi connectivity index (χ2n) is 4.36. The van der Waals surface area contributed by atoms with Gasteiger partial charge in [0.15, 0.2) is 5.78 Å². The van der Waals surface area contributed by atoms with Crippen molar-refractivity contribution in [2.75, 3.05) is 27.2 Å². The van der Waals surface area contributed by atoms with Gasteiger partial charge in [0.1, 0.15) is 5.75 Å². The average Bonchev–Trinajstić information content (AvgIpc) is 2.28. The molecule has 0 aliphatic carbocycles. The molecule has 0 aliphatic rings. The van der Waals surface area contributed by atoms with Crippen molar-refractivity contribution in [1.82, 2.24) is 4.90 Å². The lowest BCUT2D eigenvalue weighted by Crippen LogP contribution is -2.26. The van der Waals surface area contributed by atoms with Crippen LogP contribution in [0.1, 0.15) is 29.3 Å². The minimum absolute atomic E-state index is 0.109. The number of ketones is 1. The topological polar surface area (TPSA) is 29.5 Å². The predicted molar refractivity (Wildman–Crippen MR) is 69.8 cm³/mol. The largest absolute Gasteiger partial charge is 0.496 e. The summed E-state index contributed by atoms with van der Waals surface area (Å²) in [6, 6.07) is 5.68. The molecule has 1 aromatic rings. The number of rotatable bonds is 6. The molecule has 0 fully saturated rings. The van der Waals surface area contributed by atoms with E-state index in [1.54, 1.807) is 7.11 Å². The van der Waals surface area contributed by atoms with E-state index < -0.39 is 0 Å². The number of benzene rings is 1. The summed E-state index contributed by atoms with van der Waals surface area (Å²) >= 11 is 0. The molecule has 0 aromatic heterocycles. The molecule has 0 atom stereocenters. The molecule has 0 heterocycles. The Bertz CT molecular complexity index is 388. The van der Waals surface area contributed by atoms with Crippen molar-refractivity contribution in [3.8, 4) is 5.75 Å². The first-order chi connectivity index (χ1) is 8.08. The molecule has 0 saturated heterocycles.